The fraction of sp³-hybridized carbons (Fsp3) is 0.571. The van der Waals surface area contributed by atoms with Crippen molar-refractivity contribution in [3.8, 4) is 0 Å². The van der Waals surface area contributed by atoms with Crippen LogP contribution in [0.4, 0.5) is 32.0 Å². The number of hydrogen-bond donors (Lipinski definition) is 1. The molecule has 1 N–H and O–H groups in total. The van der Waals surface area contributed by atoms with Crippen molar-refractivity contribution in [2.24, 2.45) is 0 Å². The smallest absolute Gasteiger partial charge is 0.380 e. The average Bonchev–Trinajstić information content (AvgIpc) is 2.45. The number of carbonyl (C=O) groups excluding carboxylic acids is 1. The van der Waals surface area contributed by atoms with E-state index >= 15 is 0 Å². The van der Waals surface area contributed by atoms with E-state index in [1.54, 1.807) is 0 Å². The predicted octanol–water partition coefficient (Wildman–Crippen LogP) is 3.45. The van der Waals surface area contributed by atoms with Gasteiger partial charge in [0.05, 0.1) is 0 Å². The number of rotatable bonds is 2. The highest BCUT2D eigenvalue weighted by molar-refractivity contribution is 5.74. The van der Waals surface area contributed by atoms with Crippen molar-refractivity contribution < 1.29 is 31.1 Å². The Bertz CT molecular complexity index is 601. The molecule has 0 saturated carbocycles. The number of halogens is 6. The van der Waals surface area contributed by atoms with Gasteiger partial charge in [0.25, 0.3) is 0 Å². The second-order valence-corrected chi connectivity index (χ2v) is 5.57. The highest BCUT2D eigenvalue weighted by Crippen LogP contribution is 2.33. The van der Waals surface area contributed by atoms with Crippen LogP contribution in [0.5, 0.6) is 0 Å². The fourth-order valence-corrected chi connectivity index (χ4v) is 2.69. The maximum absolute atomic E-state index is 12.9. The summed E-state index contributed by atoms with van der Waals surface area (Å²) in [6.07, 6.45) is -8.40. The van der Waals surface area contributed by atoms with E-state index in [1.807, 2.05) is 0 Å². The maximum Gasteiger partial charge on any atom is 0.433 e. The van der Waals surface area contributed by atoms with Gasteiger partial charge in [0.2, 0.25) is 5.91 Å². The number of hydrogen-bond acceptors (Lipinski definition) is 3. The van der Waals surface area contributed by atoms with Crippen molar-refractivity contribution in [2.45, 2.75) is 44.2 Å². The van der Waals surface area contributed by atoms with Gasteiger partial charge in [-0.1, -0.05) is 0 Å². The van der Waals surface area contributed by atoms with Gasteiger partial charge >= 0.3 is 12.4 Å². The van der Waals surface area contributed by atoms with E-state index in [9.17, 15) is 31.1 Å². The van der Waals surface area contributed by atoms with Crippen LogP contribution in [0.1, 0.15) is 25.5 Å². The Morgan fingerprint density at radius 3 is 2.46 bits per heavy atom. The molecular weight excluding hydrogens is 340 g/mol. The Morgan fingerprint density at radius 2 is 1.92 bits per heavy atom. The topological polar surface area (TPSA) is 45.2 Å². The Kier molecular flexibility index (Phi) is 4.95. The molecule has 1 aromatic heterocycles. The Labute approximate surface area is 133 Å². The quantitative estimate of drug-likeness (QED) is 0.827. The molecule has 10 heteroatoms. The van der Waals surface area contributed by atoms with Crippen LogP contribution in [0, 0.1) is 0 Å². The summed E-state index contributed by atoms with van der Waals surface area (Å²) in [5.41, 5.74) is -1.00. The number of alkyl halides is 6. The van der Waals surface area contributed by atoms with Crippen LogP contribution in [0.2, 0.25) is 0 Å². The minimum absolute atomic E-state index is 0.0810. The molecule has 0 spiro atoms. The Hall–Kier alpha value is -2.00. The summed E-state index contributed by atoms with van der Waals surface area (Å²) in [6.45, 7) is 0.804. The number of likely N-dealkylation sites (tertiary alicyclic amines) is 1. The maximum atomic E-state index is 12.9. The molecule has 4 nitrogen and oxygen atoms in total. The van der Waals surface area contributed by atoms with Gasteiger partial charge in [-0.25, -0.2) is 0 Å². The first-order valence-electron chi connectivity index (χ1n) is 7.12. The lowest BCUT2D eigenvalue weighted by atomic mass is 9.97. The van der Waals surface area contributed by atoms with Crippen LogP contribution in [0.15, 0.2) is 18.3 Å². The predicted molar refractivity (Wildman–Crippen MR) is 73.1 cm³/mol. The third kappa shape index (κ3) is 4.30. The van der Waals surface area contributed by atoms with Crippen molar-refractivity contribution in [1.29, 1.82) is 0 Å². The van der Waals surface area contributed by atoms with Gasteiger partial charge in [0, 0.05) is 31.4 Å². The number of carbonyl (C=O) groups is 1. The molecule has 0 aliphatic carbocycles. The first kappa shape index (κ1) is 18.3. The summed E-state index contributed by atoms with van der Waals surface area (Å²) in [4.78, 5) is 15.4. The summed E-state index contributed by atoms with van der Waals surface area (Å²) in [5, 5.41) is 2.75. The number of piperidine rings is 1. The molecular formula is C14H15F6N3O. The molecule has 0 unspecified atom stereocenters. The molecule has 1 aliphatic heterocycles. The molecule has 1 fully saturated rings. The SMILES string of the molecule is CC(=O)N1C[C@@H](Nc2ccnc(C(F)(F)F)c2)CC[C@H]1C(F)(F)F. The van der Waals surface area contributed by atoms with Gasteiger partial charge in [0.1, 0.15) is 11.7 Å². The molecule has 2 heterocycles. The summed E-state index contributed by atoms with van der Waals surface area (Å²) < 4.78 is 76.7. The first-order chi connectivity index (χ1) is 11.0. The number of anilines is 1. The van der Waals surface area contributed by atoms with Crippen LogP contribution < -0.4 is 5.32 Å². The standard InChI is InChI=1S/C14H15F6N3O/c1-8(24)23-7-10(2-3-12(23)14(18,19)20)22-9-4-5-21-11(6-9)13(15,16)17/h4-6,10,12H,2-3,7H2,1H3,(H,21,22)/t10-,12-/m0/s1. The summed E-state index contributed by atoms with van der Waals surface area (Å²) >= 11 is 0. The van der Waals surface area contributed by atoms with Crippen LogP contribution in [0.25, 0.3) is 0 Å². The van der Waals surface area contributed by atoms with E-state index in [-0.39, 0.29) is 25.1 Å². The van der Waals surface area contributed by atoms with E-state index in [2.05, 4.69) is 10.3 Å². The lowest BCUT2D eigenvalue weighted by molar-refractivity contribution is -0.195. The molecule has 1 saturated heterocycles. The van der Waals surface area contributed by atoms with Crippen molar-refractivity contribution in [3.63, 3.8) is 0 Å². The largest absolute Gasteiger partial charge is 0.433 e. The number of nitrogens with zero attached hydrogens (tertiary/aromatic N) is 2. The Balaban J connectivity index is 2.11. The summed E-state index contributed by atoms with van der Waals surface area (Å²) in [6, 6.07) is -0.357. The molecule has 2 rings (SSSR count). The second-order valence-electron chi connectivity index (χ2n) is 5.57. The fourth-order valence-electron chi connectivity index (χ4n) is 2.69. The Morgan fingerprint density at radius 1 is 1.25 bits per heavy atom. The monoisotopic (exact) mass is 355 g/mol. The van der Waals surface area contributed by atoms with E-state index < -0.39 is 36.0 Å². The highest BCUT2D eigenvalue weighted by atomic mass is 19.4. The lowest BCUT2D eigenvalue weighted by Gasteiger charge is -2.40. The molecule has 24 heavy (non-hydrogen) atoms. The molecule has 0 aromatic carbocycles. The minimum Gasteiger partial charge on any atom is -0.380 e. The van der Waals surface area contributed by atoms with Gasteiger partial charge in [-0.2, -0.15) is 26.3 Å². The van der Waals surface area contributed by atoms with Crippen LogP contribution in [-0.4, -0.2) is 40.6 Å². The van der Waals surface area contributed by atoms with Gasteiger partial charge in [-0.05, 0) is 25.0 Å². The van der Waals surface area contributed by atoms with E-state index in [1.165, 1.54) is 6.07 Å². The zero-order valence-electron chi connectivity index (χ0n) is 12.6. The zero-order chi connectivity index (χ0) is 18.1. The lowest BCUT2D eigenvalue weighted by Crippen LogP contribution is -2.55. The van der Waals surface area contributed by atoms with E-state index in [0.29, 0.717) is 4.90 Å². The molecule has 1 aliphatic rings. The van der Waals surface area contributed by atoms with Crippen LogP contribution in [0.3, 0.4) is 0 Å². The van der Waals surface area contributed by atoms with Gasteiger partial charge in [0.15, 0.2) is 0 Å². The summed E-state index contributed by atoms with van der Waals surface area (Å²) in [5.74, 6) is -0.727. The zero-order valence-corrected chi connectivity index (χ0v) is 12.6. The number of nitrogens with one attached hydrogen (secondary N) is 1. The number of aromatic nitrogens is 1. The molecule has 1 amide bonds. The average molecular weight is 355 g/mol. The van der Waals surface area contributed by atoms with Gasteiger partial charge in [-0.3, -0.25) is 9.78 Å². The number of amides is 1. The van der Waals surface area contributed by atoms with Crippen molar-refractivity contribution >= 4 is 11.6 Å². The van der Waals surface area contributed by atoms with E-state index in [4.69, 9.17) is 0 Å². The van der Waals surface area contributed by atoms with Crippen molar-refractivity contribution in [1.82, 2.24) is 9.88 Å². The second kappa shape index (κ2) is 6.48. The molecule has 0 bridgehead atoms. The third-order valence-electron chi connectivity index (χ3n) is 3.79. The van der Waals surface area contributed by atoms with Gasteiger partial charge < -0.3 is 10.2 Å². The third-order valence-corrected chi connectivity index (χ3v) is 3.79. The summed E-state index contributed by atoms with van der Waals surface area (Å²) in [7, 11) is 0. The van der Waals surface area contributed by atoms with E-state index in [0.717, 1.165) is 19.2 Å². The first-order valence-corrected chi connectivity index (χ1v) is 7.12. The van der Waals surface area contributed by atoms with Crippen molar-refractivity contribution in [3.05, 3.63) is 24.0 Å². The van der Waals surface area contributed by atoms with Crippen LogP contribution in [-0.2, 0) is 11.0 Å². The van der Waals surface area contributed by atoms with Crippen LogP contribution >= 0.6 is 0 Å². The van der Waals surface area contributed by atoms with Gasteiger partial charge in [-0.15, -0.1) is 0 Å². The number of pyridine rings is 1. The highest BCUT2D eigenvalue weighted by Gasteiger charge is 2.47. The minimum atomic E-state index is -4.61. The normalized spacial score (nSPS) is 22.4. The molecule has 134 valence electrons. The molecule has 0 radical (unpaired) electrons. The van der Waals surface area contributed by atoms with Crippen molar-refractivity contribution in [2.75, 3.05) is 11.9 Å². The molecule has 2 atom stereocenters. The molecule has 1 aromatic rings.